The van der Waals surface area contributed by atoms with Crippen molar-refractivity contribution < 1.29 is 32.8 Å². The summed E-state index contributed by atoms with van der Waals surface area (Å²) in [4.78, 5) is 22.2. The molecule has 0 spiro atoms. The standard InChI is InChI=1S/C30H62NO7P/c1-3-5-7-9-11-13-14-15-16-17-19-21-23-30(32)38-29(28-37-39(33,34)36-26-24-31)27-35-25-22-20-18-12-10-8-6-4-2/h29H,3-28,31H2,1-2H3,(H,33,34). The average molecular weight is 580 g/mol. The molecule has 0 amide bonds. The molecular weight excluding hydrogens is 517 g/mol. The van der Waals surface area contributed by atoms with Gasteiger partial charge in [0.1, 0.15) is 6.10 Å². The number of phosphoric acid groups is 1. The second-order valence-corrected chi connectivity index (χ2v) is 12.1. The molecule has 9 heteroatoms. The molecule has 0 rings (SSSR count). The third-order valence-electron chi connectivity index (χ3n) is 6.77. The van der Waals surface area contributed by atoms with E-state index in [1.807, 2.05) is 0 Å². The lowest BCUT2D eigenvalue weighted by molar-refractivity contribution is -0.154. The molecule has 39 heavy (non-hydrogen) atoms. The Morgan fingerprint density at radius 1 is 0.667 bits per heavy atom. The number of esters is 1. The van der Waals surface area contributed by atoms with E-state index in [1.54, 1.807) is 0 Å². The van der Waals surface area contributed by atoms with Crippen molar-refractivity contribution in [3.05, 3.63) is 0 Å². The molecule has 0 aliphatic heterocycles. The molecule has 0 aromatic heterocycles. The first kappa shape index (κ1) is 38.5. The highest BCUT2D eigenvalue weighted by Gasteiger charge is 2.25. The van der Waals surface area contributed by atoms with Crippen LogP contribution in [0.15, 0.2) is 0 Å². The minimum Gasteiger partial charge on any atom is -0.457 e. The minimum atomic E-state index is -4.25. The van der Waals surface area contributed by atoms with Crippen molar-refractivity contribution in [3.8, 4) is 0 Å². The quantitative estimate of drug-likeness (QED) is 0.0479. The number of nitrogens with two attached hydrogens (primary N) is 1. The van der Waals surface area contributed by atoms with Crippen molar-refractivity contribution in [3.63, 3.8) is 0 Å². The van der Waals surface area contributed by atoms with Crippen molar-refractivity contribution >= 4 is 13.8 Å². The van der Waals surface area contributed by atoms with E-state index in [-0.39, 0.29) is 32.3 Å². The summed E-state index contributed by atoms with van der Waals surface area (Å²) in [5, 5.41) is 0. The van der Waals surface area contributed by atoms with Crippen LogP contribution in [0.3, 0.4) is 0 Å². The summed E-state index contributed by atoms with van der Waals surface area (Å²) in [5.41, 5.74) is 5.32. The molecular formula is C30H62NO7P. The van der Waals surface area contributed by atoms with Crippen molar-refractivity contribution in [1.82, 2.24) is 0 Å². The van der Waals surface area contributed by atoms with Gasteiger partial charge < -0.3 is 20.1 Å². The van der Waals surface area contributed by atoms with Crippen LogP contribution >= 0.6 is 7.82 Å². The Bertz CT molecular complexity index is 580. The fraction of sp³-hybridized carbons (Fsp3) is 0.967. The minimum absolute atomic E-state index is 0.0911. The topological polar surface area (TPSA) is 117 Å². The fourth-order valence-electron chi connectivity index (χ4n) is 4.41. The Hall–Kier alpha value is -0.500. The lowest BCUT2D eigenvalue weighted by atomic mass is 10.0. The number of rotatable bonds is 31. The van der Waals surface area contributed by atoms with Crippen LogP contribution < -0.4 is 5.73 Å². The maximum atomic E-state index is 12.4. The van der Waals surface area contributed by atoms with Gasteiger partial charge in [0.25, 0.3) is 0 Å². The Labute approximate surface area is 240 Å². The van der Waals surface area contributed by atoms with Crippen molar-refractivity contribution in [1.29, 1.82) is 0 Å². The summed E-state index contributed by atoms with van der Waals surface area (Å²) in [6.45, 7) is 4.90. The van der Waals surface area contributed by atoms with Gasteiger partial charge in [0, 0.05) is 19.6 Å². The van der Waals surface area contributed by atoms with Crippen molar-refractivity contribution in [2.45, 2.75) is 155 Å². The van der Waals surface area contributed by atoms with Crippen LogP contribution in [0.4, 0.5) is 0 Å². The number of ether oxygens (including phenoxy) is 2. The second kappa shape index (κ2) is 29.0. The molecule has 2 unspecified atom stereocenters. The van der Waals surface area contributed by atoms with Crippen LogP contribution in [-0.2, 0) is 27.9 Å². The molecule has 0 bridgehead atoms. The van der Waals surface area contributed by atoms with E-state index >= 15 is 0 Å². The molecule has 0 aromatic rings. The number of carbonyl (C=O) groups is 1. The molecule has 0 fully saturated rings. The summed E-state index contributed by atoms with van der Waals surface area (Å²) in [5.74, 6) is -0.331. The van der Waals surface area contributed by atoms with Crippen LogP contribution in [0.1, 0.15) is 149 Å². The van der Waals surface area contributed by atoms with Crippen LogP contribution in [0.5, 0.6) is 0 Å². The van der Waals surface area contributed by atoms with Gasteiger partial charge in [0.2, 0.25) is 0 Å². The third kappa shape index (κ3) is 28.8. The fourth-order valence-corrected chi connectivity index (χ4v) is 5.17. The van der Waals surface area contributed by atoms with Gasteiger partial charge in [-0.3, -0.25) is 13.8 Å². The van der Waals surface area contributed by atoms with E-state index in [0.29, 0.717) is 13.0 Å². The van der Waals surface area contributed by atoms with Crippen molar-refractivity contribution in [2.75, 3.05) is 33.0 Å². The van der Waals surface area contributed by atoms with Crippen LogP contribution in [-0.4, -0.2) is 49.9 Å². The molecule has 8 nitrogen and oxygen atoms in total. The van der Waals surface area contributed by atoms with Gasteiger partial charge in [-0.2, -0.15) is 0 Å². The van der Waals surface area contributed by atoms with Crippen LogP contribution in [0, 0.1) is 0 Å². The Kier molecular flexibility index (Phi) is 28.6. The zero-order chi connectivity index (χ0) is 28.9. The highest BCUT2D eigenvalue weighted by atomic mass is 31.2. The van der Waals surface area contributed by atoms with Crippen LogP contribution in [0.25, 0.3) is 0 Å². The van der Waals surface area contributed by atoms with Gasteiger partial charge in [0.05, 0.1) is 19.8 Å². The molecule has 0 aromatic carbocycles. The molecule has 0 saturated heterocycles. The van der Waals surface area contributed by atoms with Crippen LogP contribution in [0.2, 0.25) is 0 Å². The van der Waals surface area contributed by atoms with Gasteiger partial charge in [0.15, 0.2) is 0 Å². The summed E-state index contributed by atoms with van der Waals surface area (Å²) >= 11 is 0. The zero-order valence-corrected chi connectivity index (χ0v) is 26.3. The molecule has 0 aliphatic rings. The average Bonchev–Trinajstić information content (AvgIpc) is 2.92. The summed E-state index contributed by atoms with van der Waals surface area (Å²) in [6, 6.07) is 0. The van der Waals surface area contributed by atoms with E-state index in [1.165, 1.54) is 96.3 Å². The molecule has 0 radical (unpaired) electrons. The van der Waals surface area contributed by atoms with Crippen molar-refractivity contribution in [2.24, 2.45) is 5.73 Å². The highest BCUT2D eigenvalue weighted by molar-refractivity contribution is 7.47. The van der Waals surface area contributed by atoms with Gasteiger partial charge in [-0.05, 0) is 12.8 Å². The highest BCUT2D eigenvalue weighted by Crippen LogP contribution is 2.43. The summed E-state index contributed by atoms with van der Waals surface area (Å²) in [7, 11) is -4.25. The predicted molar refractivity (Wildman–Crippen MR) is 160 cm³/mol. The normalized spacial score (nSPS) is 13.8. The zero-order valence-electron chi connectivity index (χ0n) is 25.4. The van der Waals surface area contributed by atoms with E-state index in [0.717, 1.165) is 32.1 Å². The smallest absolute Gasteiger partial charge is 0.457 e. The van der Waals surface area contributed by atoms with Gasteiger partial charge in [-0.1, -0.05) is 129 Å². The Morgan fingerprint density at radius 2 is 1.13 bits per heavy atom. The lowest BCUT2D eigenvalue weighted by Crippen LogP contribution is -2.28. The largest absolute Gasteiger partial charge is 0.472 e. The number of hydrogen-bond acceptors (Lipinski definition) is 7. The van der Waals surface area contributed by atoms with Gasteiger partial charge in [-0.25, -0.2) is 4.57 Å². The molecule has 3 N–H and O–H groups in total. The molecule has 0 heterocycles. The SMILES string of the molecule is CCCCCCCCCCCCCCC(=O)OC(COCCCCCCCCCC)COP(=O)(O)OCCN. The monoisotopic (exact) mass is 579 g/mol. The number of hydrogen-bond donors (Lipinski definition) is 2. The molecule has 0 aliphatic carbocycles. The first-order chi connectivity index (χ1) is 18.9. The first-order valence-electron chi connectivity index (χ1n) is 16.0. The Balaban J connectivity index is 4.13. The van der Waals surface area contributed by atoms with E-state index < -0.39 is 13.9 Å². The van der Waals surface area contributed by atoms with E-state index in [4.69, 9.17) is 24.3 Å². The number of unbranched alkanes of at least 4 members (excludes halogenated alkanes) is 18. The second-order valence-electron chi connectivity index (χ2n) is 10.7. The number of phosphoric ester groups is 1. The van der Waals surface area contributed by atoms with E-state index in [9.17, 15) is 14.3 Å². The maximum absolute atomic E-state index is 12.4. The summed E-state index contributed by atoms with van der Waals surface area (Å²) < 4.78 is 33.0. The third-order valence-corrected chi connectivity index (χ3v) is 7.76. The molecule has 0 saturated carbocycles. The molecule has 2 atom stereocenters. The van der Waals surface area contributed by atoms with E-state index in [2.05, 4.69) is 13.8 Å². The Morgan fingerprint density at radius 3 is 1.62 bits per heavy atom. The molecule has 234 valence electrons. The lowest BCUT2D eigenvalue weighted by Gasteiger charge is -2.20. The summed E-state index contributed by atoms with van der Waals surface area (Å²) in [6.07, 6.45) is 24.0. The predicted octanol–water partition coefficient (Wildman–Crippen LogP) is 8.24. The van der Waals surface area contributed by atoms with Gasteiger partial charge >= 0.3 is 13.8 Å². The maximum Gasteiger partial charge on any atom is 0.472 e. The van der Waals surface area contributed by atoms with Gasteiger partial charge in [-0.15, -0.1) is 0 Å². The number of carbonyl (C=O) groups excluding carboxylic acids is 1. The first-order valence-corrected chi connectivity index (χ1v) is 17.5.